The fourth-order valence-corrected chi connectivity index (χ4v) is 3.59. The third kappa shape index (κ3) is 5.32. The number of carbonyl (C=O) groups is 1. The predicted octanol–water partition coefficient (Wildman–Crippen LogP) is 3.85. The van der Waals surface area contributed by atoms with E-state index in [0.717, 1.165) is 11.1 Å². The van der Waals surface area contributed by atoms with Crippen LogP contribution in [0.5, 0.6) is 0 Å². The van der Waals surface area contributed by atoms with Crippen LogP contribution in [-0.2, 0) is 11.3 Å². The van der Waals surface area contributed by atoms with Crippen molar-refractivity contribution in [2.24, 2.45) is 0 Å². The van der Waals surface area contributed by atoms with E-state index in [2.05, 4.69) is 25.6 Å². The number of pyridine rings is 1. The molecule has 3 aromatic heterocycles. The molecule has 1 aliphatic heterocycles. The number of carbonyl (C=O) groups excluding carboxylic acids is 1. The maximum Gasteiger partial charge on any atom is 0.321 e. The molecular formula is C23H21F2N7O3. The van der Waals surface area contributed by atoms with Gasteiger partial charge in [0, 0.05) is 36.7 Å². The van der Waals surface area contributed by atoms with Crippen molar-refractivity contribution in [2.45, 2.75) is 13.0 Å². The summed E-state index contributed by atoms with van der Waals surface area (Å²) < 4.78 is 37.2. The van der Waals surface area contributed by atoms with Crippen molar-refractivity contribution in [3.8, 4) is 22.6 Å². The molecule has 1 N–H and O–H groups in total. The van der Waals surface area contributed by atoms with Crippen LogP contribution < -0.4 is 5.32 Å². The minimum absolute atomic E-state index is 0.0127. The fraction of sp³-hybridized carbons (Fsp3) is 0.261. The third-order valence-corrected chi connectivity index (χ3v) is 5.40. The molecule has 12 heteroatoms. The van der Waals surface area contributed by atoms with Crippen molar-refractivity contribution in [3.63, 3.8) is 0 Å². The van der Waals surface area contributed by atoms with Gasteiger partial charge in [-0.3, -0.25) is 9.67 Å². The highest BCUT2D eigenvalue weighted by Crippen LogP contribution is 2.24. The van der Waals surface area contributed by atoms with E-state index in [-0.39, 0.29) is 11.9 Å². The number of rotatable bonds is 6. The molecule has 2 amide bonds. The van der Waals surface area contributed by atoms with E-state index in [1.807, 2.05) is 30.5 Å². The van der Waals surface area contributed by atoms with E-state index in [4.69, 9.17) is 9.15 Å². The lowest BCUT2D eigenvalue weighted by molar-refractivity contribution is 0.0564. The molecule has 0 spiro atoms. The molecule has 4 heterocycles. The lowest BCUT2D eigenvalue weighted by atomic mass is 10.1. The standard InChI is InChI=1S/C23H21F2N7O3/c24-20(25)22-30-29-21(35-22)16-4-5-19(26-11-16)14-32-13-17(12-27-32)15-2-1-3-18(10-15)28-23(33)31-6-8-34-9-7-31/h1-5,10-13,20H,6-9,14H2,(H,28,33). The summed E-state index contributed by atoms with van der Waals surface area (Å²) in [5, 5.41) is 14.3. The van der Waals surface area contributed by atoms with Crippen LogP contribution in [0.4, 0.5) is 19.3 Å². The second-order valence-electron chi connectivity index (χ2n) is 7.82. The number of ether oxygens (including phenoxy) is 1. The molecule has 0 bridgehead atoms. The molecule has 1 aliphatic rings. The van der Waals surface area contributed by atoms with Gasteiger partial charge >= 0.3 is 12.5 Å². The number of aromatic nitrogens is 5. The first-order chi connectivity index (χ1) is 17.0. The van der Waals surface area contributed by atoms with Gasteiger partial charge in [0.05, 0.1) is 37.2 Å². The van der Waals surface area contributed by atoms with Crippen LogP contribution >= 0.6 is 0 Å². The first-order valence-electron chi connectivity index (χ1n) is 10.9. The minimum Gasteiger partial charge on any atom is -0.415 e. The smallest absolute Gasteiger partial charge is 0.321 e. The Balaban J connectivity index is 1.23. The average molecular weight is 481 g/mol. The van der Waals surface area contributed by atoms with E-state index in [1.165, 1.54) is 6.20 Å². The van der Waals surface area contributed by atoms with Gasteiger partial charge in [-0.1, -0.05) is 12.1 Å². The van der Waals surface area contributed by atoms with Crippen LogP contribution in [0.2, 0.25) is 0 Å². The monoisotopic (exact) mass is 481 g/mol. The van der Waals surface area contributed by atoms with Crippen molar-refractivity contribution in [1.29, 1.82) is 0 Å². The topological polar surface area (TPSA) is 111 Å². The van der Waals surface area contributed by atoms with Crippen LogP contribution in [0.1, 0.15) is 18.0 Å². The van der Waals surface area contributed by atoms with Crippen molar-refractivity contribution in [1.82, 2.24) is 29.9 Å². The van der Waals surface area contributed by atoms with E-state index in [9.17, 15) is 13.6 Å². The number of hydrogen-bond acceptors (Lipinski definition) is 7. The second kappa shape index (κ2) is 9.97. The third-order valence-electron chi connectivity index (χ3n) is 5.40. The van der Waals surface area contributed by atoms with Crippen molar-refractivity contribution < 1.29 is 22.7 Å². The first-order valence-corrected chi connectivity index (χ1v) is 10.9. The largest absolute Gasteiger partial charge is 0.415 e. The van der Waals surface area contributed by atoms with Crippen LogP contribution in [0.3, 0.4) is 0 Å². The highest BCUT2D eigenvalue weighted by Gasteiger charge is 2.18. The molecule has 1 fully saturated rings. The highest BCUT2D eigenvalue weighted by atomic mass is 19.3. The maximum absolute atomic E-state index is 12.6. The Bertz CT molecular complexity index is 1300. The van der Waals surface area contributed by atoms with Crippen molar-refractivity contribution >= 4 is 11.7 Å². The Morgan fingerprint density at radius 1 is 1.06 bits per heavy atom. The van der Waals surface area contributed by atoms with Crippen LogP contribution in [0.25, 0.3) is 22.6 Å². The number of nitrogens with one attached hydrogen (secondary N) is 1. The quantitative estimate of drug-likeness (QED) is 0.445. The molecule has 10 nitrogen and oxygen atoms in total. The molecule has 0 radical (unpaired) electrons. The Morgan fingerprint density at radius 2 is 1.91 bits per heavy atom. The Hall–Kier alpha value is -4.19. The summed E-state index contributed by atoms with van der Waals surface area (Å²) >= 11 is 0. The summed E-state index contributed by atoms with van der Waals surface area (Å²) in [7, 11) is 0. The summed E-state index contributed by atoms with van der Waals surface area (Å²) in [6, 6.07) is 10.8. The molecule has 0 aliphatic carbocycles. The Labute approximate surface area is 198 Å². The molecular weight excluding hydrogens is 460 g/mol. The van der Waals surface area contributed by atoms with E-state index in [1.54, 1.807) is 27.9 Å². The predicted molar refractivity (Wildman–Crippen MR) is 121 cm³/mol. The number of anilines is 1. The number of hydrogen-bond donors (Lipinski definition) is 1. The minimum atomic E-state index is -2.82. The van der Waals surface area contributed by atoms with Crippen molar-refractivity contribution in [3.05, 3.63) is 66.6 Å². The lowest BCUT2D eigenvalue weighted by Gasteiger charge is -2.27. The van der Waals surface area contributed by atoms with Gasteiger partial charge < -0.3 is 19.4 Å². The molecule has 0 unspecified atom stereocenters. The van der Waals surface area contributed by atoms with Gasteiger partial charge in [0.25, 0.3) is 5.89 Å². The number of nitrogens with zero attached hydrogens (tertiary/aromatic N) is 6. The normalized spacial score (nSPS) is 13.9. The summed E-state index contributed by atoms with van der Waals surface area (Å²) in [5.41, 5.74) is 3.65. The van der Waals surface area contributed by atoms with Gasteiger partial charge in [0.2, 0.25) is 5.89 Å². The van der Waals surface area contributed by atoms with Gasteiger partial charge in [0.15, 0.2) is 0 Å². The first kappa shape index (κ1) is 22.6. The van der Waals surface area contributed by atoms with Crippen LogP contribution in [0, 0.1) is 0 Å². The van der Waals surface area contributed by atoms with Crippen LogP contribution in [-0.4, -0.2) is 62.2 Å². The molecule has 1 saturated heterocycles. The van der Waals surface area contributed by atoms with Gasteiger partial charge in [-0.2, -0.15) is 13.9 Å². The zero-order valence-electron chi connectivity index (χ0n) is 18.5. The summed E-state index contributed by atoms with van der Waals surface area (Å²) in [6.45, 7) is 2.62. The molecule has 5 rings (SSSR count). The summed E-state index contributed by atoms with van der Waals surface area (Å²) in [5.74, 6) is -0.737. The summed E-state index contributed by atoms with van der Waals surface area (Å²) in [6.07, 6.45) is 2.29. The fourth-order valence-electron chi connectivity index (χ4n) is 3.59. The van der Waals surface area contributed by atoms with Crippen molar-refractivity contribution in [2.75, 3.05) is 31.6 Å². The number of benzene rings is 1. The zero-order chi connectivity index (χ0) is 24.2. The molecule has 0 atom stereocenters. The highest BCUT2D eigenvalue weighted by molar-refractivity contribution is 5.90. The Kier molecular flexibility index (Phi) is 6.44. The molecule has 0 saturated carbocycles. The number of amides is 2. The van der Waals surface area contributed by atoms with E-state index < -0.39 is 12.3 Å². The zero-order valence-corrected chi connectivity index (χ0v) is 18.5. The number of urea groups is 1. The van der Waals surface area contributed by atoms with E-state index >= 15 is 0 Å². The second-order valence-corrected chi connectivity index (χ2v) is 7.82. The lowest BCUT2D eigenvalue weighted by Crippen LogP contribution is -2.43. The van der Waals surface area contributed by atoms with Gasteiger partial charge in [0.1, 0.15) is 0 Å². The van der Waals surface area contributed by atoms with Gasteiger partial charge in [-0.15, -0.1) is 10.2 Å². The Morgan fingerprint density at radius 3 is 2.66 bits per heavy atom. The molecule has 35 heavy (non-hydrogen) atoms. The SMILES string of the molecule is O=C(Nc1cccc(-c2cnn(Cc3ccc(-c4nnc(C(F)F)o4)cn3)c2)c1)N1CCOCC1. The number of halogens is 2. The van der Waals surface area contributed by atoms with Crippen LogP contribution in [0.15, 0.2) is 59.4 Å². The van der Waals surface area contributed by atoms with Gasteiger partial charge in [-0.05, 0) is 29.8 Å². The van der Waals surface area contributed by atoms with E-state index in [0.29, 0.717) is 49.8 Å². The number of morpholine rings is 1. The number of alkyl halides is 2. The maximum atomic E-state index is 12.6. The van der Waals surface area contributed by atoms with Gasteiger partial charge in [-0.25, -0.2) is 4.79 Å². The average Bonchev–Trinajstić information content (AvgIpc) is 3.56. The molecule has 4 aromatic rings. The summed E-state index contributed by atoms with van der Waals surface area (Å²) in [4.78, 5) is 18.5. The molecule has 180 valence electrons. The molecule has 1 aromatic carbocycles.